The van der Waals surface area contributed by atoms with E-state index in [1.165, 1.54) is 0 Å². The van der Waals surface area contributed by atoms with Crippen molar-refractivity contribution in [2.24, 2.45) is 11.3 Å². The van der Waals surface area contributed by atoms with Gasteiger partial charge in [-0.15, -0.1) is 0 Å². The number of hydrogen-bond donors (Lipinski definition) is 3. The SMILES string of the molecule is COc1cccc2[nH]c(C(=O)N3CC4(CCC4)C[C@@H]3C(=O)N[C@H](C#N)C[C@@H]3CCNC3=O)cc12. The van der Waals surface area contributed by atoms with E-state index in [1.54, 1.807) is 18.1 Å². The maximum Gasteiger partial charge on any atom is 0.271 e. The molecule has 1 aromatic heterocycles. The average Bonchev–Trinajstić information content (AvgIpc) is 3.54. The second-order valence-corrected chi connectivity index (χ2v) is 9.81. The fourth-order valence-corrected chi connectivity index (χ4v) is 5.68. The molecule has 3 N–H and O–H groups in total. The number of ether oxygens (including phenoxy) is 1. The van der Waals surface area contributed by atoms with Gasteiger partial charge in [-0.3, -0.25) is 14.4 Å². The van der Waals surface area contributed by atoms with Crippen LogP contribution in [-0.4, -0.2) is 59.9 Å². The van der Waals surface area contributed by atoms with E-state index in [0.717, 1.165) is 30.2 Å². The van der Waals surface area contributed by atoms with Crippen LogP contribution in [0.1, 0.15) is 49.0 Å². The zero-order chi connectivity index (χ0) is 23.9. The Kier molecular flexibility index (Phi) is 5.68. The van der Waals surface area contributed by atoms with E-state index in [4.69, 9.17) is 4.74 Å². The Morgan fingerprint density at radius 3 is 2.85 bits per heavy atom. The summed E-state index contributed by atoms with van der Waals surface area (Å²) < 4.78 is 5.42. The van der Waals surface area contributed by atoms with Crippen LogP contribution in [0.3, 0.4) is 0 Å². The molecule has 5 rings (SSSR count). The lowest BCUT2D eigenvalue weighted by molar-refractivity contribution is -0.126. The van der Waals surface area contributed by atoms with Crippen LogP contribution in [0.4, 0.5) is 0 Å². The number of carbonyl (C=O) groups is 3. The van der Waals surface area contributed by atoms with Crippen molar-refractivity contribution in [1.29, 1.82) is 5.26 Å². The third-order valence-electron chi connectivity index (χ3n) is 7.72. The highest BCUT2D eigenvalue weighted by molar-refractivity contribution is 6.02. The van der Waals surface area contributed by atoms with Crippen molar-refractivity contribution in [3.8, 4) is 11.8 Å². The van der Waals surface area contributed by atoms with Gasteiger partial charge < -0.3 is 25.3 Å². The Hall–Kier alpha value is -3.54. The Morgan fingerprint density at radius 2 is 2.21 bits per heavy atom. The second kappa shape index (κ2) is 8.67. The third kappa shape index (κ3) is 3.87. The van der Waals surface area contributed by atoms with Gasteiger partial charge in [0.15, 0.2) is 0 Å². The first-order valence-corrected chi connectivity index (χ1v) is 11.9. The van der Waals surface area contributed by atoms with E-state index in [0.29, 0.717) is 37.4 Å². The number of nitriles is 1. The molecule has 3 atom stereocenters. The predicted octanol–water partition coefficient (Wildman–Crippen LogP) is 2.10. The summed E-state index contributed by atoms with van der Waals surface area (Å²) in [4.78, 5) is 43.7. The average molecular weight is 464 g/mol. The molecule has 3 fully saturated rings. The molecule has 3 amide bonds. The first-order valence-electron chi connectivity index (χ1n) is 11.9. The number of amides is 3. The minimum atomic E-state index is -0.770. The van der Waals surface area contributed by atoms with E-state index in [9.17, 15) is 19.6 Å². The topological polar surface area (TPSA) is 127 Å². The highest BCUT2D eigenvalue weighted by Gasteiger charge is 2.52. The Labute approximate surface area is 197 Å². The number of methoxy groups -OCH3 is 1. The molecule has 1 aliphatic carbocycles. The smallest absolute Gasteiger partial charge is 0.271 e. The van der Waals surface area contributed by atoms with Gasteiger partial charge in [-0.25, -0.2) is 0 Å². The van der Waals surface area contributed by atoms with Gasteiger partial charge in [0, 0.05) is 29.9 Å². The lowest BCUT2D eigenvalue weighted by atomic mass is 9.67. The van der Waals surface area contributed by atoms with Gasteiger partial charge in [0.25, 0.3) is 5.91 Å². The number of fused-ring (bicyclic) bond motifs is 1. The number of nitrogens with one attached hydrogen (secondary N) is 3. The Balaban J connectivity index is 1.36. The van der Waals surface area contributed by atoms with Crippen LogP contribution in [0.25, 0.3) is 10.9 Å². The van der Waals surface area contributed by atoms with E-state index >= 15 is 0 Å². The van der Waals surface area contributed by atoms with Gasteiger partial charge in [-0.05, 0) is 55.7 Å². The van der Waals surface area contributed by atoms with E-state index < -0.39 is 12.1 Å². The van der Waals surface area contributed by atoms with Crippen LogP contribution in [0.15, 0.2) is 24.3 Å². The summed E-state index contributed by atoms with van der Waals surface area (Å²) in [7, 11) is 1.59. The zero-order valence-corrected chi connectivity index (χ0v) is 19.2. The first-order chi connectivity index (χ1) is 16.4. The molecule has 2 aromatic rings. The van der Waals surface area contributed by atoms with Crippen molar-refractivity contribution in [2.45, 2.75) is 50.6 Å². The molecule has 178 valence electrons. The van der Waals surface area contributed by atoms with Crippen molar-refractivity contribution in [1.82, 2.24) is 20.5 Å². The number of aromatic nitrogens is 1. The number of rotatable bonds is 6. The Bertz CT molecular complexity index is 1180. The number of carbonyl (C=O) groups excluding carboxylic acids is 3. The van der Waals surface area contributed by atoms with Gasteiger partial charge in [-0.1, -0.05) is 12.5 Å². The van der Waals surface area contributed by atoms with Crippen LogP contribution in [-0.2, 0) is 9.59 Å². The summed E-state index contributed by atoms with van der Waals surface area (Å²) in [6, 6.07) is 8.06. The molecule has 9 heteroatoms. The van der Waals surface area contributed by atoms with Crippen LogP contribution >= 0.6 is 0 Å². The molecule has 0 unspecified atom stereocenters. The highest BCUT2D eigenvalue weighted by Crippen LogP contribution is 2.50. The molecular formula is C25H29N5O4. The molecule has 1 spiro atoms. The maximum atomic E-state index is 13.6. The third-order valence-corrected chi connectivity index (χ3v) is 7.72. The quantitative estimate of drug-likeness (QED) is 0.605. The summed E-state index contributed by atoms with van der Waals surface area (Å²) in [6.45, 7) is 1.12. The van der Waals surface area contributed by atoms with Crippen LogP contribution < -0.4 is 15.4 Å². The van der Waals surface area contributed by atoms with Crippen LogP contribution in [0, 0.1) is 22.7 Å². The lowest BCUT2D eigenvalue weighted by Crippen LogP contribution is -2.49. The zero-order valence-electron chi connectivity index (χ0n) is 19.2. The summed E-state index contributed by atoms with van der Waals surface area (Å²) in [5.74, 6) is -0.228. The molecule has 9 nitrogen and oxygen atoms in total. The summed E-state index contributed by atoms with van der Waals surface area (Å²) >= 11 is 0. The molecule has 1 aromatic carbocycles. The molecule has 0 radical (unpaired) electrons. The van der Waals surface area contributed by atoms with Crippen molar-refractivity contribution in [3.05, 3.63) is 30.0 Å². The van der Waals surface area contributed by atoms with Crippen molar-refractivity contribution in [2.75, 3.05) is 20.2 Å². The van der Waals surface area contributed by atoms with E-state index in [-0.39, 0.29) is 35.5 Å². The van der Waals surface area contributed by atoms with Gasteiger partial charge in [0.05, 0.1) is 13.2 Å². The standard InChI is InChI=1S/C25H29N5O4/c1-34-21-5-2-4-18-17(21)11-19(29-18)24(33)30-14-25(7-3-8-25)12-20(30)23(32)28-16(13-26)10-15-6-9-27-22(15)31/h2,4-5,11,15-16,20,29H,3,6-10,12,14H2,1H3,(H,27,31)(H,28,32)/t15-,16-,20+/m0/s1. The largest absolute Gasteiger partial charge is 0.496 e. The fourth-order valence-electron chi connectivity index (χ4n) is 5.68. The van der Waals surface area contributed by atoms with Gasteiger partial charge >= 0.3 is 0 Å². The number of benzene rings is 1. The molecule has 34 heavy (non-hydrogen) atoms. The number of likely N-dealkylation sites (tertiary alicyclic amines) is 1. The summed E-state index contributed by atoms with van der Waals surface area (Å²) in [6.07, 6.45) is 4.61. The molecule has 1 saturated carbocycles. The molecule has 0 bridgehead atoms. The van der Waals surface area contributed by atoms with E-state index in [1.807, 2.05) is 18.2 Å². The monoisotopic (exact) mass is 463 g/mol. The van der Waals surface area contributed by atoms with Crippen LogP contribution in [0.5, 0.6) is 5.75 Å². The van der Waals surface area contributed by atoms with Crippen molar-refractivity contribution in [3.63, 3.8) is 0 Å². The summed E-state index contributed by atoms with van der Waals surface area (Å²) in [5.41, 5.74) is 1.17. The second-order valence-electron chi connectivity index (χ2n) is 9.81. The molecule has 3 heterocycles. The Morgan fingerprint density at radius 1 is 1.38 bits per heavy atom. The normalized spacial score (nSPS) is 23.9. The number of hydrogen-bond acceptors (Lipinski definition) is 5. The van der Waals surface area contributed by atoms with Gasteiger partial charge in [0.2, 0.25) is 11.8 Å². The first kappa shape index (κ1) is 22.3. The number of H-pyrrole nitrogens is 1. The summed E-state index contributed by atoms with van der Waals surface area (Å²) in [5, 5.41) is 16.0. The van der Waals surface area contributed by atoms with Crippen molar-refractivity contribution >= 4 is 28.6 Å². The predicted molar refractivity (Wildman–Crippen MR) is 124 cm³/mol. The van der Waals surface area contributed by atoms with E-state index in [2.05, 4.69) is 21.7 Å². The minimum Gasteiger partial charge on any atom is -0.496 e. The molecule has 3 aliphatic rings. The molecule has 2 aliphatic heterocycles. The minimum absolute atomic E-state index is 0.0329. The number of aromatic amines is 1. The van der Waals surface area contributed by atoms with Gasteiger partial charge in [-0.2, -0.15) is 5.26 Å². The molecular weight excluding hydrogens is 434 g/mol. The maximum absolute atomic E-state index is 13.6. The molecule has 2 saturated heterocycles. The van der Waals surface area contributed by atoms with Gasteiger partial charge in [0.1, 0.15) is 23.5 Å². The van der Waals surface area contributed by atoms with Crippen molar-refractivity contribution < 1.29 is 19.1 Å². The van der Waals surface area contributed by atoms with Crippen LogP contribution in [0.2, 0.25) is 0 Å². The number of nitrogens with zero attached hydrogens (tertiary/aromatic N) is 2. The fraction of sp³-hybridized carbons (Fsp3) is 0.520. The highest BCUT2D eigenvalue weighted by atomic mass is 16.5. The lowest BCUT2D eigenvalue weighted by Gasteiger charge is -2.37.